The summed E-state index contributed by atoms with van der Waals surface area (Å²) in [6.45, 7) is 4.23. The van der Waals surface area contributed by atoms with Crippen LogP contribution in [0.5, 0.6) is 0 Å². The largest absolute Gasteiger partial charge is 0.480 e. The highest BCUT2D eigenvalue weighted by Gasteiger charge is 2.38. The minimum atomic E-state index is -1.16. The van der Waals surface area contributed by atoms with Gasteiger partial charge in [0.15, 0.2) is 0 Å². The van der Waals surface area contributed by atoms with Gasteiger partial charge in [0.05, 0.1) is 0 Å². The van der Waals surface area contributed by atoms with Crippen molar-refractivity contribution in [3.8, 4) is 0 Å². The first-order valence-corrected chi connectivity index (χ1v) is 5.46. The molecule has 0 aromatic heterocycles. The molecule has 1 saturated heterocycles. The SMILES string of the molecule is CN(C(=O)C1CCOCC1)C(C)(C)C(=O)O. The Balaban J connectivity index is 2.69. The van der Waals surface area contributed by atoms with Crippen LogP contribution in [0.2, 0.25) is 0 Å². The van der Waals surface area contributed by atoms with Crippen molar-refractivity contribution in [3.63, 3.8) is 0 Å². The van der Waals surface area contributed by atoms with E-state index in [-0.39, 0.29) is 11.8 Å². The van der Waals surface area contributed by atoms with E-state index < -0.39 is 11.5 Å². The highest BCUT2D eigenvalue weighted by molar-refractivity contribution is 5.87. The van der Waals surface area contributed by atoms with Crippen LogP contribution in [0.3, 0.4) is 0 Å². The molecular weight excluding hydrogens is 210 g/mol. The van der Waals surface area contributed by atoms with Gasteiger partial charge in [0.1, 0.15) is 5.54 Å². The van der Waals surface area contributed by atoms with Gasteiger partial charge >= 0.3 is 5.97 Å². The third kappa shape index (κ3) is 2.52. The molecule has 0 aliphatic carbocycles. The van der Waals surface area contributed by atoms with Crippen molar-refractivity contribution in [3.05, 3.63) is 0 Å². The predicted octanol–water partition coefficient (Wildman–Crippen LogP) is 0.735. The van der Waals surface area contributed by atoms with Crippen molar-refractivity contribution >= 4 is 11.9 Å². The van der Waals surface area contributed by atoms with Gasteiger partial charge in [0.25, 0.3) is 0 Å². The van der Waals surface area contributed by atoms with Crippen molar-refractivity contribution < 1.29 is 19.4 Å². The number of amides is 1. The molecule has 1 fully saturated rings. The predicted molar refractivity (Wildman–Crippen MR) is 58.0 cm³/mol. The number of likely N-dealkylation sites (N-methyl/N-ethyl adjacent to an activating group) is 1. The molecule has 1 heterocycles. The standard InChI is InChI=1S/C11H19NO4/c1-11(2,10(14)15)12(3)9(13)8-4-6-16-7-5-8/h8H,4-7H2,1-3H3,(H,14,15). The van der Waals surface area contributed by atoms with Crippen LogP contribution >= 0.6 is 0 Å². The van der Waals surface area contributed by atoms with E-state index in [1.807, 2.05) is 0 Å². The summed E-state index contributed by atoms with van der Waals surface area (Å²) >= 11 is 0. The van der Waals surface area contributed by atoms with Gasteiger partial charge in [-0.25, -0.2) is 4.79 Å². The van der Waals surface area contributed by atoms with Crippen LogP contribution in [-0.2, 0) is 14.3 Å². The number of hydrogen-bond donors (Lipinski definition) is 1. The zero-order valence-electron chi connectivity index (χ0n) is 10.0. The lowest BCUT2D eigenvalue weighted by Crippen LogP contribution is -2.53. The topological polar surface area (TPSA) is 66.8 Å². The van der Waals surface area contributed by atoms with E-state index in [0.29, 0.717) is 26.1 Å². The summed E-state index contributed by atoms with van der Waals surface area (Å²) in [6.07, 6.45) is 1.36. The van der Waals surface area contributed by atoms with E-state index in [1.54, 1.807) is 7.05 Å². The fourth-order valence-corrected chi connectivity index (χ4v) is 1.64. The Kier molecular flexibility index (Phi) is 3.91. The molecule has 0 aromatic carbocycles. The smallest absolute Gasteiger partial charge is 0.329 e. The molecule has 0 atom stereocenters. The van der Waals surface area contributed by atoms with E-state index in [4.69, 9.17) is 9.84 Å². The summed E-state index contributed by atoms with van der Waals surface area (Å²) in [7, 11) is 1.55. The van der Waals surface area contributed by atoms with Gasteiger partial charge in [0, 0.05) is 26.2 Å². The van der Waals surface area contributed by atoms with Crippen molar-refractivity contribution in [2.45, 2.75) is 32.2 Å². The van der Waals surface area contributed by atoms with Gasteiger partial charge in [-0.3, -0.25) is 4.79 Å². The molecule has 0 spiro atoms. The fourth-order valence-electron chi connectivity index (χ4n) is 1.64. The Morgan fingerprint density at radius 1 is 1.31 bits per heavy atom. The number of aliphatic carboxylic acids is 1. The van der Waals surface area contributed by atoms with Gasteiger partial charge < -0.3 is 14.7 Å². The fraction of sp³-hybridized carbons (Fsp3) is 0.818. The molecule has 1 aliphatic rings. The molecule has 1 N–H and O–H groups in total. The molecule has 1 amide bonds. The first kappa shape index (κ1) is 13.0. The summed E-state index contributed by atoms with van der Waals surface area (Å²) < 4.78 is 5.18. The Bertz CT molecular complexity index is 282. The summed E-state index contributed by atoms with van der Waals surface area (Å²) in [5, 5.41) is 9.04. The van der Waals surface area contributed by atoms with Gasteiger partial charge in [0.2, 0.25) is 5.91 Å². The number of carbonyl (C=O) groups excluding carboxylic acids is 1. The van der Waals surface area contributed by atoms with Crippen LogP contribution in [0, 0.1) is 5.92 Å². The van der Waals surface area contributed by atoms with E-state index in [0.717, 1.165) is 0 Å². The molecule has 0 bridgehead atoms. The normalized spacial score (nSPS) is 18.2. The van der Waals surface area contributed by atoms with Crippen LogP contribution in [0.25, 0.3) is 0 Å². The van der Waals surface area contributed by atoms with Crippen LogP contribution in [-0.4, -0.2) is 47.7 Å². The Hall–Kier alpha value is -1.10. The monoisotopic (exact) mass is 229 g/mol. The molecule has 0 saturated carbocycles. The van der Waals surface area contributed by atoms with Crippen molar-refractivity contribution in [1.82, 2.24) is 4.90 Å². The summed E-state index contributed by atoms with van der Waals surface area (Å²) in [5.74, 6) is -1.19. The Morgan fingerprint density at radius 3 is 2.25 bits per heavy atom. The van der Waals surface area contributed by atoms with Crippen LogP contribution in [0.4, 0.5) is 0 Å². The zero-order chi connectivity index (χ0) is 12.3. The van der Waals surface area contributed by atoms with Crippen LogP contribution in [0.1, 0.15) is 26.7 Å². The number of carboxylic acid groups (broad SMARTS) is 1. The Morgan fingerprint density at radius 2 is 1.81 bits per heavy atom. The van der Waals surface area contributed by atoms with Crippen molar-refractivity contribution in [2.24, 2.45) is 5.92 Å². The van der Waals surface area contributed by atoms with Crippen molar-refractivity contribution in [2.75, 3.05) is 20.3 Å². The third-order valence-corrected chi connectivity index (χ3v) is 3.26. The van der Waals surface area contributed by atoms with Gasteiger partial charge in [-0.2, -0.15) is 0 Å². The second-order valence-electron chi connectivity index (χ2n) is 4.65. The highest BCUT2D eigenvalue weighted by atomic mass is 16.5. The van der Waals surface area contributed by atoms with Crippen LogP contribution < -0.4 is 0 Å². The van der Waals surface area contributed by atoms with E-state index in [9.17, 15) is 9.59 Å². The Labute approximate surface area is 95.4 Å². The highest BCUT2D eigenvalue weighted by Crippen LogP contribution is 2.21. The molecule has 92 valence electrons. The molecule has 1 rings (SSSR count). The van der Waals surface area contributed by atoms with E-state index in [2.05, 4.69) is 0 Å². The van der Waals surface area contributed by atoms with Crippen LogP contribution in [0.15, 0.2) is 0 Å². The molecule has 16 heavy (non-hydrogen) atoms. The van der Waals surface area contributed by atoms with E-state index in [1.165, 1.54) is 18.7 Å². The molecule has 1 aliphatic heterocycles. The minimum absolute atomic E-state index is 0.0997. The quantitative estimate of drug-likeness (QED) is 0.775. The van der Waals surface area contributed by atoms with Gasteiger partial charge in [-0.15, -0.1) is 0 Å². The van der Waals surface area contributed by atoms with Crippen molar-refractivity contribution in [1.29, 1.82) is 0 Å². The number of rotatable bonds is 3. The first-order chi connectivity index (χ1) is 7.37. The second kappa shape index (κ2) is 4.82. The zero-order valence-corrected chi connectivity index (χ0v) is 10.0. The number of ether oxygens (including phenoxy) is 1. The molecule has 0 aromatic rings. The maximum absolute atomic E-state index is 12.1. The van der Waals surface area contributed by atoms with Gasteiger partial charge in [-0.1, -0.05) is 0 Å². The molecule has 5 nitrogen and oxygen atoms in total. The molecule has 5 heteroatoms. The number of carbonyl (C=O) groups is 2. The molecular formula is C11H19NO4. The average Bonchev–Trinajstić information content (AvgIpc) is 2.28. The minimum Gasteiger partial charge on any atom is -0.480 e. The summed E-state index contributed by atoms with van der Waals surface area (Å²) in [5.41, 5.74) is -1.16. The second-order valence-corrected chi connectivity index (χ2v) is 4.65. The number of hydrogen-bond acceptors (Lipinski definition) is 3. The number of carboxylic acids is 1. The lowest BCUT2D eigenvalue weighted by atomic mass is 9.95. The van der Waals surface area contributed by atoms with Gasteiger partial charge in [-0.05, 0) is 26.7 Å². The summed E-state index contributed by atoms with van der Waals surface area (Å²) in [4.78, 5) is 24.4. The van der Waals surface area contributed by atoms with E-state index >= 15 is 0 Å². The molecule has 0 radical (unpaired) electrons. The summed E-state index contributed by atoms with van der Waals surface area (Å²) in [6, 6.07) is 0. The lowest BCUT2D eigenvalue weighted by molar-refractivity contribution is -0.158. The third-order valence-electron chi connectivity index (χ3n) is 3.26. The maximum atomic E-state index is 12.1. The average molecular weight is 229 g/mol. The lowest BCUT2D eigenvalue weighted by Gasteiger charge is -2.35. The number of nitrogens with zero attached hydrogens (tertiary/aromatic N) is 1. The molecule has 0 unspecified atom stereocenters. The maximum Gasteiger partial charge on any atom is 0.329 e. The first-order valence-electron chi connectivity index (χ1n) is 5.46.